The Kier molecular flexibility index (Phi) is 7.47. The van der Waals surface area contributed by atoms with Gasteiger partial charge in [0, 0.05) is 37.9 Å². The van der Waals surface area contributed by atoms with E-state index in [1.165, 1.54) is 5.56 Å². The molecule has 1 amide bonds. The van der Waals surface area contributed by atoms with Crippen molar-refractivity contribution in [3.8, 4) is 0 Å². The molecule has 150 valence electrons. The first kappa shape index (κ1) is 20.7. The van der Waals surface area contributed by atoms with Crippen molar-refractivity contribution in [3.63, 3.8) is 0 Å². The largest absolute Gasteiger partial charge is 0.354 e. The number of carbonyl (C=O) groups is 1. The Bertz CT molecular complexity index is 913. The summed E-state index contributed by atoms with van der Waals surface area (Å²) in [6, 6.07) is 13.8. The SMILES string of the molecule is Cc1ccc(C)c(C(NCCc2ccncc2)C(=O)NCCc2cccnc2)c1. The minimum atomic E-state index is -0.384. The van der Waals surface area contributed by atoms with E-state index in [-0.39, 0.29) is 11.9 Å². The number of aromatic nitrogens is 2. The molecule has 0 saturated carbocycles. The Morgan fingerprint density at radius 3 is 2.48 bits per heavy atom. The Balaban J connectivity index is 1.66. The molecule has 5 heteroatoms. The molecule has 1 atom stereocenters. The zero-order chi connectivity index (χ0) is 20.5. The molecule has 0 radical (unpaired) electrons. The highest BCUT2D eigenvalue weighted by Gasteiger charge is 2.21. The number of nitrogens with one attached hydrogen (secondary N) is 2. The van der Waals surface area contributed by atoms with Crippen molar-refractivity contribution >= 4 is 5.91 Å². The summed E-state index contributed by atoms with van der Waals surface area (Å²) in [5, 5.41) is 6.54. The van der Waals surface area contributed by atoms with Gasteiger partial charge in [-0.25, -0.2) is 0 Å². The van der Waals surface area contributed by atoms with Gasteiger partial charge in [0.05, 0.1) is 0 Å². The van der Waals surface area contributed by atoms with Gasteiger partial charge in [0.15, 0.2) is 0 Å². The molecule has 0 aliphatic heterocycles. The first-order valence-corrected chi connectivity index (χ1v) is 9.99. The van der Waals surface area contributed by atoms with Crippen molar-refractivity contribution in [2.45, 2.75) is 32.7 Å². The molecule has 0 bridgehead atoms. The zero-order valence-electron chi connectivity index (χ0n) is 17.1. The molecule has 1 unspecified atom stereocenters. The van der Waals surface area contributed by atoms with Crippen LogP contribution in [0.1, 0.15) is 33.9 Å². The van der Waals surface area contributed by atoms with Crippen LogP contribution in [-0.2, 0) is 17.6 Å². The van der Waals surface area contributed by atoms with Gasteiger partial charge in [-0.3, -0.25) is 14.8 Å². The number of hydrogen-bond acceptors (Lipinski definition) is 4. The highest BCUT2D eigenvalue weighted by atomic mass is 16.2. The summed E-state index contributed by atoms with van der Waals surface area (Å²) in [5.41, 5.74) is 5.60. The van der Waals surface area contributed by atoms with Crippen LogP contribution in [0.3, 0.4) is 0 Å². The fourth-order valence-corrected chi connectivity index (χ4v) is 3.30. The maximum Gasteiger partial charge on any atom is 0.241 e. The summed E-state index contributed by atoms with van der Waals surface area (Å²) in [7, 11) is 0. The van der Waals surface area contributed by atoms with E-state index in [1.807, 2.05) is 30.5 Å². The summed E-state index contributed by atoms with van der Waals surface area (Å²) in [4.78, 5) is 21.2. The van der Waals surface area contributed by atoms with Crippen molar-refractivity contribution in [2.24, 2.45) is 0 Å². The molecule has 0 saturated heterocycles. The van der Waals surface area contributed by atoms with E-state index in [2.05, 4.69) is 52.6 Å². The topological polar surface area (TPSA) is 66.9 Å². The maximum atomic E-state index is 13.0. The first-order chi connectivity index (χ1) is 14.1. The van der Waals surface area contributed by atoms with Crippen molar-refractivity contribution < 1.29 is 4.79 Å². The number of carbonyl (C=O) groups excluding carboxylic acids is 1. The molecule has 29 heavy (non-hydrogen) atoms. The van der Waals surface area contributed by atoms with Gasteiger partial charge in [-0.05, 0) is 67.1 Å². The summed E-state index contributed by atoms with van der Waals surface area (Å²) >= 11 is 0. The molecule has 0 spiro atoms. The number of hydrogen-bond donors (Lipinski definition) is 2. The molecule has 5 nitrogen and oxygen atoms in total. The molecule has 3 rings (SSSR count). The molecule has 1 aromatic carbocycles. The van der Waals surface area contributed by atoms with Crippen LogP contribution in [0.5, 0.6) is 0 Å². The van der Waals surface area contributed by atoms with Gasteiger partial charge in [-0.1, -0.05) is 29.8 Å². The van der Waals surface area contributed by atoms with Crippen LogP contribution in [0, 0.1) is 13.8 Å². The minimum absolute atomic E-state index is 0.00248. The third-order valence-electron chi connectivity index (χ3n) is 4.96. The highest BCUT2D eigenvalue weighted by Crippen LogP contribution is 2.20. The van der Waals surface area contributed by atoms with E-state index in [4.69, 9.17) is 0 Å². The van der Waals surface area contributed by atoms with E-state index in [9.17, 15) is 4.79 Å². The Hall–Kier alpha value is -3.05. The second kappa shape index (κ2) is 10.5. The number of amides is 1. The van der Waals surface area contributed by atoms with E-state index in [0.29, 0.717) is 13.1 Å². The minimum Gasteiger partial charge on any atom is -0.354 e. The molecule has 2 aromatic heterocycles. The summed E-state index contributed by atoms with van der Waals surface area (Å²) in [6.45, 7) is 5.39. The molecule has 3 aromatic rings. The average Bonchev–Trinajstić information content (AvgIpc) is 2.75. The fourth-order valence-electron chi connectivity index (χ4n) is 3.30. The smallest absolute Gasteiger partial charge is 0.241 e. The van der Waals surface area contributed by atoms with Gasteiger partial charge in [-0.2, -0.15) is 0 Å². The van der Waals surface area contributed by atoms with Gasteiger partial charge in [0.2, 0.25) is 5.91 Å². The van der Waals surface area contributed by atoms with Crippen molar-refractivity contribution in [3.05, 3.63) is 95.1 Å². The predicted molar refractivity (Wildman–Crippen MR) is 116 cm³/mol. The second-order valence-electron chi connectivity index (χ2n) is 7.25. The molecule has 2 N–H and O–H groups in total. The lowest BCUT2D eigenvalue weighted by atomic mass is 9.98. The Morgan fingerprint density at radius 2 is 1.72 bits per heavy atom. The first-order valence-electron chi connectivity index (χ1n) is 9.99. The van der Waals surface area contributed by atoms with Crippen LogP contribution >= 0.6 is 0 Å². The van der Waals surface area contributed by atoms with Gasteiger partial charge in [0.25, 0.3) is 0 Å². The van der Waals surface area contributed by atoms with E-state index < -0.39 is 0 Å². The van der Waals surface area contributed by atoms with Crippen LogP contribution in [0.25, 0.3) is 0 Å². The van der Waals surface area contributed by atoms with E-state index >= 15 is 0 Å². The standard InChI is InChI=1S/C24H28N4O/c1-18-5-6-19(2)22(16-18)23(27-14-9-20-7-12-25-13-8-20)24(29)28-15-10-21-4-3-11-26-17-21/h3-8,11-13,16-17,23,27H,9-10,14-15H2,1-2H3,(H,28,29). The van der Waals surface area contributed by atoms with Crippen LogP contribution in [0.4, 0.5) is 0 Å². The third kappa shape index (κ3) is 6.22. The molecule has 0 aliphatic carbocycles. The lowest BCUT2D eigenvalue weighted by Crippen LogP contribution is -2.39. The number of benzene rings is 1. The molecule has 2 heterocycles. The fraction of sp³-hybridized carbons (Fsp3) is 0.292. The Labute approximate surface area is 172 Å². The van der Waals surface area contributed by atoms with Crippen LogP contribution in [0.2, 0.25) is 0 Å². The maximum absolute atomic E-state index is 13.0. The van der Waals surface area contributed by atoms with Gasteiger partial charge in [-0.15, -0.1) is 0 Å². The predicted octanol–water partition coefficient (Wildman–Crippen LogP) is 3.33. The monoisotopic (exact) mass is 388 g/mol. The number of aryl methyl sites for hydroxylation is 2. The van der Waals surface area contributed by atoms with Gasteiger partial charge >= 0.3 is 0 Å². The zero-order valence-corrected chi connectivity index (χ0v) is 17.1. The van der Waals surface area contributed by atoms with E-state index in [1.54, 1.807) is 18.6 Å². The number of rotatable bonds is 9. The molecule has 0 aliphatic rings. The Morgan fingerprint density at radius 1 is 0.931 bits per heavy atom. The van der Waals surface area contributed by atoms with Gasteiger partial charge in [0.1, 0.15) is 6.04 Å². The molecular weight excluding hydrogens is 360 g/mol. The van der Waals surface area contributed by atoms with E-state index in [0.717, 1.165) is 35.1 Å². The lowest BCUT2D eigenvalue weighted by Gasteiger charge is -2.21. The molecule has 0 fully saturated rings. The van der Waals surface area contributed by atoms with Crippen molar-refractivity contribution in [1.29, 1.82) is 0 Å². The summed E-state index contributed by atoms with van der Waals surface area (Å²) < 4.78 is 0. The highest BCUT2D eigenvalue weighted by molar-refractivity contribution is 5.83. The summed E-state index contributed by atoms with van der Waals surface area (Å²) in [6.07, 6.45) is 8.78. The van der Waals surface area contributed by atoms with Crippen LogP contribution in [0.15, 0.2) is 67.3 Å². The summed E-state index contributed by atoms with van der Waals surface area (Å²) in [5.74, 6) is -0.00248. The average molecular weight is 389 g/mol. The molecular formula is C24H28N4O. The third-order valence-corrected chi connectivity index (χ3v) is 4.96. The number of nitrogens with zero attached hydrogens (tertiary/aromatic N) is 2. The lowest BCUT2D eigenvalue weighted by molar-refractivity contribution is -0.123. The van der Waals surface area contributed by atoms with Crippen LogP contribution in [-0.4, -0.2) is 29.0 Å². The van der Waals surface area contributed by atoms with Gasteiger partial charge < -0.3 is 10.6 Å². The van der Waals surface area contributed by atoms with Crippen molar-refractivity contribution in [1.82, 2.24) is 20.6 Å². The second-order valence-corrected chi connectivity index (χ2v) is 7.25. The quantitative estimate of drug-likeness (QED) is 0.590. The normalized spacial score (nSPS) is 11.8. The van der Waals surface area contributed by atoms with Crippen LogP contribution < -0.4 is 10.6 Å². The number of pyridine rings is 2. The van der Waals surface area contributed by atoms with Crippen molar-refractivity contribution in [2.75, 3.05) is 13.1 Å².